The number of amides is 2. The SMILES string of the molecule is CC1(C(=O)NCC(=O)NCc2ccccc2)CCCNC1. The number of benzene rings is 1. The molecule has 0 radical (unpaired) electrons. The van der Waals surface area contributed by atoms with E-state index < -0.39 is 5.41 Å². The Morgan fingerprint density at radius 1 is 1.24 bits per heavy atom. The first kappa shape index (κ1) is 15.5. The maximum atomic E-state index is 12.2. The minimum atomic E-state index is -0.405. The van der Waals surface area contributed by atoms with Crippen LogP contribution in [0.4, 0.5) is 0 Å². The van der Waals surface area contributed by atoms with Gasteiger partial charge in [-0.15, -0.1) is 0 Å². The molecule has 0 bridgehead atoms. The Hall–Kier alpha value is -1.88. The lowest BCUT2D eigenvalue weighted by Crippen LogP contribution is -2.50. The van der Waals surface area contributed by atoms with E-state index in [2.05, 4.69) is 16.0 Å². The van der Waals surface area contributed by atoms with Crippen molar-refractivity contribution in [2.45, 2.75) is 26.3 Å². The van der Waals surface area contributed by atoms with Crippen LogP contribution in [0, 0.1) is 5.41 Å². The van der Waals surface area contributed by atoms with E-state index >= 15 is 0 Å². The summed E-state index contributed by atoms with van der Waals surface area (Å²) < 4.78 is 0. The van der Waals surface area contributed by atoms with Gasteiger partial charge >= 0.3 is 0 Å². The second-order valence-electron chi connectivity index (χ2n) is 5.79. The fraction of sp³-hybridized carbons (Fsp3) is 0.500. The predicted molar refractivity (Wildman–Crippen MR) is 81.5 cm³/mol. The van der Waals surface area contributed by atoms with Gasteiger partial charge in [0.1, 0.15) is 0 Å². The summed E-state index contributed by atoms with van der Waals surface area (Å²) in [7, 11) is 0. The molecular formula is C16H23N3O2. The molecule has 2 rings (SSSR count). The van der Waals surface area contributed by atoms with Gasteiger partial charge in [-0.05, 0) is 31.9 Å². The van der Waals surface area contributed by atoms with Crippen LogP contribution in [0.25, 0.3) is 0 Å². The molecule has 1 atom stereocenters. The number of piperidine rings is 1. The summed E-state index contributed by atoms with van der Waals surface area (Å²) in [5, 5.41) is 8.77. The van der Waals surface area contributed by atoms with E-state index in [1.807, 2.05) is 37.3 Å². The van der Waals surface area contributed by atoms with Crippen molar-refractivity contribution in [3.05, 3.63) is 35.9 Å². The standard InChI is InChI=1S/C16H23N3O2/c1-16(8-5-9-17-12-16)15(21)19-11-14(20)18-10-13-6-3-2-4-7-13/h2-4,6-7,17H,5,8-12H2,1H3,(H,18,20)(H,19,21). The molecule has 1 aromatic rings. The molecule has 1 fully saturated rings. The molecule has 0 aliphatic carbocycles. The van der Waals surface area contributed by atoms with Gasteiger partial charge in [0.25, 0.3) is 0 Å². The molecule has 1 aliphatic heterocycles. The van der Waals surface area contributed by atoms with Crippen molar-refractivity contribution in [1.29, 1.82) is 0 Å². The second kappa shape index (κ2) is 7.22. The first-order valence-corrected chi connectivity index (χ1v) is 7.40. The summed E-state index contributed by atoms with van der Waals surface area (Å²) in [6.07, 6.45) is 1.85. The van der Waals surface area contributed by atoms with E-state index in [9.17, 15) is 9.59 Å². The van der Waals surface area contributed by atoms with Crippen molar-refractivity contribution in [3.8, 4) is 0 Å². The molecule has 0 aromatic heterocycles. The van der Waals surface area contributed by atoms with Crippen molar-refractivity contribution in [2.24, 2.45) is 5.41 Å². The van der Waals surface area contributed by atoms with E-state index in [4.69, 9.17) is 0 Å². The molecule has 21 heavy (non-hydrogen) atoms. The quantitative estimate of drug-likeness (QED) is 0.751. The average molecular weight is 289 g/mol. The van der Waals surface area contributed by atoms with Gasteiger partial charge in [0.15, 0.2) is 0 Å². The zero-order chi connectivity index (χ0) is 15.1. The second-order valence-corrected chi connectivity index (χ2v) is 5.79. The molecule has 114 valence electrons. The third-order valence-corrected chi connectivity index (χ3v) is 3.89. The summed E-state index contributed by atoms with van der Waals surface area (Å²) in [4.78, 5) is 23.9. The highest BCUT2D eigenvalue weighted by Crippen LogP contribution is 2.25. The van der Waals surface area contributed by atoms with Crippen LogP contribution in [-0.2, 0) is 16.1 Å². The molecule has 5 nitrogen and oxygen atoms in total. The molecular weight excluding hydrogens is 266 g/mol. The number of rotatable bonds is 5. The monoisotopic (exact) mass is 289 g/mol. The minimum Gasteiger partial charge on any atom is -0.350 e. The smallest absolute Gasteiger partial charge is 0.239 e. The molecule has 0 spiro atoms. The lowest BCUT2D eigenvalue weighted by atomic mass is 9.82. The summed E-state index contributed by atoms with van der Waals surface area (Å²) >= 11 is 0. The van der Waals surface area contributed by atoms with Crippen molar-refractivity contribution in [1.82, 2.24) is 16.0 Å². The van der Waals surface area contributed by atoms with Gasteiger partial charge in [-0.25, -0.2) is 0 Å². The van der Waals surface area contributed by atoms with E-state index in [0.717, 1.165) is 24.9 Å². The van der Waals surface area contributed by atoms with E-state index in [1.54, 1.807) is 0 Å². The Morgan fingerprint density at radius 3 is 2.67 bits per heavy atom. The first-order valence-electron chi connectivity index (χ1n) is 7.40. The van der Waals surface area contributed by atoms with Gasteiger partial charge in [0.05, 0.1) is 12.0 Å². The number of hydrogen-bond acceptors (Lipinski definition) is 3. The average Bonchev–Trinajstić information content (AvgIpc) is 2.52. The Kier molecular flexibility index (Phi) is 5.33. The molecule has 1 aromatic carbocycles. The van der Waals surface area contributed by atoms with Crippen LogP contribution in [0.2, 0.25) is 0 Å². The van der Waals surface area contributed by atoms with Gasteiger partial charge in [-0.3, -0.25) is 9.59 Å². The molecule has 3 N–H and O–H groups in total. The van der Waals surface area contributed by atoms with Crippen LogP contribution >= 0.6 is 0 Å². The maximum absolute atomic E-state index is 12.2. The lowest BCUT2D eigenvalue weighted by Gasteiger charge is -2.32. The summed E-state index contributed by atoms with van der Waals surface area (Å²) in [5.74, 6) is -0.218. The number of hydrogen-bond donors (Lipinski definition) is 3. The molecule has 1 unspecified atom stereocenters. The molecule has 0 saturated carbocycles. The van der Waals surface area contributed by atoms with Crippen LogP contribution in [0.15, 0.2) is 30.3 Å². The molecule has 5 heteroatoms. The van der Waals surface area contributed by atoms with E-state index in [1.165, 1.54) is 0 Å². The highest BCUT2D eigenvalue weighted by Gasteiger charge is 2.34. The van der Waals surface area contributed by atoms with Gasteiger partial charge in [0, 0.05) is 13.1 Å². The summed E-state index contributed by atoms with van der Waals surface area (Å²) in [5.41, 5.74) is 0.637. The van der Waals surface area contributed by atoms with Gasteiger partial charge < -0.3 is 16.0 Å². The van der Waals surface area contributed by atoms with Crippen LogP contribution < -0.4 is 16.0 Å². The maximum Gasteiger partial charge on any atom is 0.239 e. The van der Waals surface area contributed by atoms with Gasteiger partial charge in [-0.1, -0.05) is 30.3 Å². The lowest BCUT2D eigenvalue weighted by molar-refractivity contribution is -0.133. The largest absolute Gasteiger partial charge is 0.350 e. The fourth-order valence-electron chi connectivity index (χ4n) is 2.48. The van der Waals surface area contributed by atoms with Gasteiger partial charge in [-0.2, -0.15) is 0 Å². The Bertz CT molecular complexity index is 482. The highest BCUT2D eigenvalue weighted by molar-refractivity contribution is 5.87. The third kappa shape index (κ3) is 4.56. The fourth-order valence-corrected chi connectivity index (χ4v) is 2.48. The molecule has 1 aliphatic rings. The van der Waals surface area contributed by atoms with Crippen LogP contribution in [0.1, 0.15) is 25.3 Å². The van der Waals surface area contributed by atoms with E-state index in [-0.39, 0.29) is 18.4 Å². The number of carbonyl (C=O) groups is 2. The minimum absolute atomic E-state index is 0.0290. The molecule has 1 saturated heterocycles. The summed E-state index contributed by atoms with van der Waals surface area (Å²) in [6, 6.07) is 9.70. The van der Waals surface area contributed by atoms with Crippen molar-refractivity contribution in [2.75, 3.05) is 19.6 Å². The Morgan fingerprint density at radius 2 is 2.00 bits per heavy atom. The summed E-state index contributed by atoms with van der Waals surface area (Å²) in [6.45, 7) is 4.08. The van der Waals surface area contributed by atoms with Crippen LogP contribution in [0.3, 0.4) is 0 Å². The predicted octanol–water partition coefficient (Wildman–Crippen LogP) is 0.809. The van der Waals surface area contributed by atoms with Gasteiger partial charge in [0.2, 0.25) is 11.8 Å². The number of nitrogens with one attached hydrogen (secondary N) is 3. The van der Waals surface area contributed by atoms with E-state index in [0.29, 0.717) is 13.1 Å². The normalized spacial score (nSPS) is 21.6. The zero-order valence-corrected chi connectivity index (χ0v) is 12.4. The first-order chi connectivity index (χ1) is 10.1. The number of carbonyl (C=O) groups excluding carboxylic acids is 2. The van der Waals surface area contributed by atoms with Crippen LogP contribution in [0.5, 0.6) is 0 Å². The topological polar surface area (TPSA) is 70.2 Å². The van der Waals surface area contributed by atoms with Crippen LogP contribution in [-0.4, -0.2) is 31.4 Å². The highest BCUT2D eigenvalue weighted by atomic mass is 16.2. The van der Waals surface area contributed by atoms with Crippen molar-refractivity contribution < 1.29 is 9.59 Å². The zero-order valence-electron chi connectivity index (χ0n) is 12.4. The third-order valence-electron chi connectivity index (χ3n) is 3.89. The Balaban J connectivity index is 1.72. The van der Waals surface area contributed by atoms with Crippen molar-refractivity contribution >= 4 is 11.8 Å². The van der Waals surface area contributed by atoms with Crippen molar-refractivity contribution in [3.63, 3.8) is 0 Å². The molecule has 1 heterocycles. The molecule has 2 amide bonds. The Labute approximate surface area is 125 Å².